The van der Waals surface area contributed by atoms with Crippen LogP contribution >= 0.6 is 0 Å². The van der Waals surface area contributed by atoms with E-state index in [2.05, 4.69) is 10.2 Å². The molecule has 1 aromatic carbocycles. The maximum absolute atomic E-state index is 12.7. The molecule has 0 radical (unpaired) electrons. The summed E-state index contributed by atoms with van der Waals surface area (Å²) in [7, 11) is 0. The van der Waals surface area contributed by atoms with Gasteiger partial charge in [-0.3, -0.25) is 14.5 Å². The van der Waals surface area contributed by atoms with E-state index in [1.807, 2.05) is 24.3 Å². The van der Waals surface area contributed by atoms with E-state index in [1.54, 1.807) is 23.3 Å². The Balaban J connectivity index is 1.44. The lowest BCUT2D eigenvalue weighted by molar-refractivity contribution is -0.117. The zero-order valence-electron chi connectivity index (χ0n) is 15.4. The van der Waals surface area contributed by atoms with Gasteiger partial charge in [-0.1, -0.05) is 6.07 Å². The molecule has 2 aromatic rings. The number of nitrogens with zero attached hydrogens (tertiary/aromatic N) is 2. The summed E-state index contributed by atoms with van der Waals surface area (Å²) >= 11 is 0. The van der Waals surface area contributed by atoms with E-state index < -0.39 is 0 Å². The second kappa shape index (κ2) is 7.96. The maximum Gasteiger partial charge on any atom is 0.251 e. The third-order valence-electron chi connectivity index (χ3n) is 5.40. The van der Waals surface area contributed by atoms with Crippen molar-refractivity contribution in [2.45, 2.75) is 31.7 Å². The van der Waals surface area contributed by atoms with Crippen LogP contribution in [0, 0.1) is 0 Å². The summed E-state index contributed by atoms with van der Waals surface area (Å²) in [6.07, 6.45) is 5.48. The van der Waals surface area contributed by atoms with E-state index in [0.29, 0.717) is 18.5 Å². The number of furan rings is 1. The molecule has 6 nitrogen and oxygen atoms in total. The van der Waals surface area contributed by atoms with Gasteiger partial charge in [0.05, 0.1) is 12.3 Å². The second-order valence-electron chi connectivity index (χ2n) is 7.18. The molecule has 2 saturated heterocycles. The van der Waals surface area contributed by atoms with E-state index in [-0.39, 0.29) is 17.9 Å². The van der Waals surface area contributed by atoms with Crippen molar-refractivity contribution >= 4 is 17.5 Å². The van der Waals surface area contributed by atoms with E-state index in [0.717, 1.165) is 37.5 Å². The van der Waals surface area contributed by atoms with Crippen molar-refractivity contribution in [3.63, 3.8) is 0 Å². The summed E-state index contributed by atoms with van der Waals surface area (Å²) < 4.78 is 5.61. The van der Waals surface area contributed by atoms with Gasteiger partial charge < -0.3 is 14.6 Å². The van der Waals surface area contributed by atoms with E-state index in [4.69, 9.17) is 4.42 Å². The normalized spacial score (nSPS) is 18.8. The van der Waals surface area contributed by atoms with Crippen molar-refractivity contribution in [1.29, 1.82) is 0 Å². The number of nitrogens with one attached hydrogen (secondary N) is 1. The number of anilines is 1. The molecule has 2 fully saturated rings. The Hall–Kier alpha value is -2.60. The van der Waals surface area contributed by atoms with Crippen LogP contribution in [-0.2, 0) is 4.79 Å². The van der Waals surface area contributed by atoms with Crippen molar-refractivity contribution in [3.8, 4) is 0 Å². The predicted molar refractivity (Wildman–Crippen MR) is 103 cm³/mol. The summed E-state index contributed by atoms with van der Waals surface area (Å²) in [6, 6.07) is 11.2. The van der Waals surface area contributed by atoms with Crippen LogP contribution in [0.25, 0.3) is 0 Å². The third kappa shape index (κ3) is 3.90. The summed E-state index contributed by atoms with van der Waals surface area (Å²) in [5.74, 6) is 0.882. The van der Waals surface area contributed by atoms with Gasteiger partial charge in [-0.15, -0.1) is 0 Å². The third-order valence-corrected chi connectivity index (χ3v) is 5.40. The smallest absolute Gasteiger partial charge is 0.251 e. The molecule has 0 bridgehead atoms. The molecule has 1 unspecified atom stereocenters. The van der Waals surface area contributed by atoms with Crippen LogP contribution < -0.4 is 10.2 Å². The van der Waals surface area contributed by atoms with Crippen molar-refractivity contribution in [2.75, 3.05) is 31.1 Å². The standard InChI is InChI=1S/C21H25N3O3/c25-20-9-4-12-24(20)17-7-3-6-16(14-17)21(26)22-15-18(19-8-5-13-27-19)23-10-1-2-11-23/h3,5-8,13-14,18H,1-2,4,9-12,15H2,(H,22,26). The molecule has 0 aliphatic carbocycles. The van der Waals surface area contributed by atoms with E-state index in [9.17, 15) is 9.59 Å². The molecule has 2 amide bonds. The fourth-order valence-electron chi connectivity index (χ4n) is 3.97. The zero-order chi connectivity index (χ0) is 18.6. The Morgan fingerprint density at radius 3 is 2.67 bits per heavy atom. The molecule has 0 saturated carbocycles. The molecule has 142 valence electrons. The summed E-state index contributed by atoms with van der Waals surface area (Å²) in [6.45, 7) is 3.26. The van der Waals surface area contributed by atoms with Crippen LogP contribution in [-0.4, -0.2) is 42.9 Å². The van der Waals surface area contributed by atoms with Crippen LogP contribution in [0.3, 0.4) is 0 Å². The molecular weight excluding hydrogens is 342 g/mol. The van der Waals surface area contributed by atoms with Crippen molar-refractivity contribution in [1.82, 2.24) is 10.2 Å². The fourth-order valence-corrected chi connectivity index (χ4v) is 3.97. The van der Waals surface area contributed by atoms with Gasteiger partial charge >= 0.3 is 0 Å². The number of benzene rings is 1. The van der Waals surface area contributed by atoms with Crippen LogP contribution in [0.5, 0.6) is 0 Å². The Kier molecular flexibility index (Phi) is 5.25. The molecular formula is C21H25N3O3. The van der Waals surface area contributed by atoms with Gasteiger partial charge in [-0.2, -0.15) is 0 Å². The lowest BCUT2D eigenvalue weighted by Crippen LogP contribution is -2.36. The molecule has 3 heterocycles. The van der Waals surface area contributed by atoms with Gasteiger partial charge in [0.2, 0.25) is 5.91 Å². The first-order chi connectivity index (χ1) is 13.2. The number of hydrogen-bond acceptors (Lipinski definition) is 4. The first-order valence-electron chi connectivity index (χ1n) is 9.68. The Morgan fingerprint density at radius 1 is 1.11 bits per heavy atom. The topological polar surface area (TPSA) is 65.8 Å². The summed E-state index contributed by atoms with van der Waals surface area (Å²) in [5, 5.41) is 3.05. The van der Waals surface area contributed by atoms with Gasteiger partial charge in [-0.25, -0.2) is 0 Å². The molecule has 4 rings (SSSR count). The highest BCUT2D eigenvalue weighted by molar-refractivity contribution is 5.99. The Labute approximate surface area is 159 Å². The lowest BCUT2D eigenvalue weighted by atomic mass is 10.1. The molecule has 1 atom stereocenters. The Bertz CT molecular complexity index is 797. The van der Waals surface area contributed by atoms with Crippen LogP contribution in [0.2, 0.25) is 0 Å². The molecule has 6 heteroatoms. The SMILES string of the molecule is O=C(NCC(c1ccco1)N1CCCC1)c1cccc(N2CCCC2=O)c1. The van der Waals surface area contributed by atoms with Crippen molar-refractivity contribution in [3.05, 3.63) is 54.0 Å². The zero-order valence-corrected chi connectivity index (χ0v) is 15.4. The lowest BCUT2D eigenvalue weighted by Gasteiger charge is -2.26. The van der Waals surface area contributed by atoms with Crippen LogP contribution in [0.4, 0.5) is 5.69 Å². The largest absolute Gasteiger partial charge is 0.468 e. The monoisotopic (exact) mass is 367 g/mol. The van der Waals surface area contributed by atoms with Gasteiger partial charge in [0, 0.05) is 30.8 Å². The number of amides is 2. The maximum atomic E-state index is 12.7. The second-order valence-corrected chi connectivity index (χ2v) is 7.18. The fraction of sp³-hybridized carbons (Fsp3) is 0.429. The molecule has 2 aliphatic heterocycles. The minimum atomic E-state index is -0.126. The number of likely N-dealkylation sites (tertiary alicyclic amines) is 1. The predicted octanol–water partition coefficient (Wildman–Crippen LogP) is 2.97. The Morgan fingerprint density at radius 2 is 1.96 bits per heavy atom. The summed E-state index contributed by atoms with van der Waals surface area (Å²) in [4.78, 5) is 28.8. The van der Waals surface area contributed by atoms with Gasteiger partial charge in [0.15, 0.2) is 0 Å². The first kappa shape index (κ1) is 17.8. The van der Waals surface area contributed by atoms with Gasteiger partial charge in [-0.05, 0) is 62.7 Å². The van der Waals surface area contributed by atoms with Crippen LogP contribution in [0.15, 0.2) is 47.1 Å². The van der Waals surface area contributed by atoms with E-state index >= 15 is 0 Å². The van der Waals surface area contributed by atoms with Crippen molar-refractivity contribution in [2.24, 2.45) is 0 Å². The minimum Gasteiger partial charge on any atom is -0.468 e. The minimum absolute atomic E-state index is 0.0507. The highest BCUT2D eigenvalue weighted by atomic mass is 16.3. The number of hydrogen-bond donors (Lipinski definition) is 1. The number of carbonyl (C=O) groups excluding carboxylic acids is 2. The van der Waals surface area contributed by atoms with Gasteiger partial charge in [0.25, 0.3) is 5.91 Å². The number of rotatable bonds is 6. The molecule has 27 heavy (non-hydrogen) atoms. The van der Waals surface area contributed by atoms with Crippen molar-refractivity contribution < 1.29 is 14.0 Å². The van der Waals surface area contributed by atoms with Crippen LogP contribution in [0.1, 0.15) is 47.8 Å². The number of carbonyl (C=O) groups is 2. The molecule has 1 aromatic heterocycles. The molecule has 2 aliphatic rings. The highest BCUT2D eigenvalue weighted by Gasteiger charge is 2.26. The summed E-state index contributed by atoms with van der Waals surface area (Å²) in [5.41, 5.74) is 1.37. The average Bonchev–Trinajstić information content (AvgIpc) is 3.45. The highest BCUT2D eigenvalue weighted by Crippen LogP contribution is 2.25. The van der Waals surface area contributed by atoms with Gasteiger partial charge in [0.1, 0.15) is 5.76 Å². The van der Waals surface area contributed by atoms with E-state index in [1.165, 1.54) is 12.8 Å². The average molecular weight is 367 g/mol. The molecule has 1 N–H and O–H groups in total. The molecule has 0 spiro atoms. The first-order valence-corrected chi connectivity index (χ1v) is 9.68. The quantitative estimate of drug-likeness (QED) is 0.852.